The Bertz CT molecular complexity index is 674. The number of nitrogens with zero attached hydrogens (tertiary/aromatic N) is 3. The van der Waals surface area contributed by atoms with Gasteiger partial charge >= 0.3 is 5.97 Å². The molecular formula is C13H13N5O4. The number of benzene rings is 1. The van der Waals surface area contributed by atoms with Crippen LogP contribution >= 0.6 is 0 Å². The van der Waals surface area contributed by atoms with Crippen LogP contribution in [-0.4, -0.2) is 39.1 Å². The molecule has 2 aromatic rings. The van der Waals surface area contributed by atoms with E-state index in [1.165, 1.54) is 24.4 Å². The summed E-state index contributed by atoms with van der Waals surface area (Å²) in [6.45, 7) is 0.971. The molecule has 0 aliphatic rings. The van der Waals surface area contributed by atoms with Crippen LogP contribution in [0.4, 0.5) is 17.3 Å². The van der Waals surface area contributed by atoms with Crippen LogP contribution in [0.15, 0.2) is 36.5 Å². The summed E-state index contributed by atoms with van der Waals surface area (Å²) in [4.78, 5) is 28.6. The summed E-state index contributed by atoms with van der Waals surface area (Å²) < 4.78 is 0. The van der Waals surface area contributed by atoms with Crippen molar-refractivity contribution in [2.24, 2.45) is 0 Å². The Balaban J connectivity index is 1.80. The molecule has 0 unspecified atom stereocenters. The van der Waals surface area contributed by atoms with E-state index in [1.54, 1.807) is 12.1 Å². The number of carbonyl (C=O) groups is 1. The second-order valence-electron chi connectivity index (χ2n) is 4.23. The van der Waals surface area contributed by atoms with Crippen molar-refractivity contribution in [3.63, 3.8) is 0 Å². The molecule has 9 heteroatoms. The number of nitro benzene ring substituents is 1. The minimum atomic E-state index is -1.12. The van der Waals surface area contributed by atoms with E-state index in [0.717, 1.165) is 5.69 Å². The Morgan fingerprint density at radius 3 is 2.50 bits per heavy atom. The molecule has 0 radical (unpaired) electrons. The molecule has 9 nitrogen and oxygen atoms in total. The first-order chi connectivity index (χ1) is 10.6. The van der Waals surface area contributed by atoms with Gasteiger partial charge in [-0.3, -0.25) is 10.1 Å². The third kappa shape index (κ3) is 4.13. The minimum absolute atomic E-state index is 0.0301. The van der Waals surface area contributed by atoms with Gasteiger partial charge in [0.2, 0.25) is 5.95 Å². The van der Waals surface area contributed by atoms with Crippen molar-refractivity contribution in [3.05, 3.63) is 52.3 Å². The summed E-state index contributed by atoms with van der Waals surface area (Å²) in [5, 5.41) is 25.3. The summed E-state index contributed by atoms with van der Waals surface area (Å²) in [5.74, 6) is -0.889. The summed E-state index contributed by atoms with van der Waals surface area (Å²) >= 11 is 0. The molecular weight excluding hydrogens is 290 g/mol. The quantitative estimate of drug-likeness (QED) is 0.399. The van der Waals surface area contributed by atoms with Crippen LogP contribution < -0.4 is 10.6 Å². The standard InChI is InChI=1S/C13H13N5O4/c19-12(20)11-5-6-15-13(17-11)16-8-7-14-9-1-3-10(4-2-9)18(21)22/h1-6,14H,7-8H2,(H,19,20)(H,15,16,17). The maximum absolute atomic E-state index is 10.8. The van der Waals surface area contributed by atoms with E-state index < -0.39 is 10.9 Å². The topological polar surface area (TPSA) is 130 Å². The number of nitrogens with one attached hydrogen (secondary N) is 2. The molecule has 0 saturated heterocycles. The first-order valence-electron chi connectivity index (χ1n) is 6.35. The van der Waals surface area contributed by atoms with Crippen molar-refractivity contribution in [1.82, 2.24) is 9.97 Å². The number of carboxylic acid groups (broad SMARTS) is 1. The van der Waals surface area contributed by atoms with Gasteiger partial charge in [-0.1, -0.05) is 0 Å². The average Bonchev–Trinajstić information content (AvgIpc) is 2.52. The molecule has 0 aliphatic heterocycles. The number of carboxylic acids is 1. The van der Waals surface area contributed by atoms with Crippen LogP contribution in [0.1, 0.15) is 10.5 Å². The van der Waals surface area contributed by atoms with Gasteiger partial charge in [-0.2, -0.15) is 0 Å². The Morgan fingerprint density at radius 2 is 1.86 bits per heavy atom. The van der Waals surface area contributed by atoms with Crippen LogP contribution in [0.5, 0.6) is 0 Å². The molecule has 0 fully saturated rings. The van der Waals surface area contributed by atoms with Crippen molar-refractivity contribution in [2.45, 2.75) is 0 Å². The fraction of sp³-hybridized carbons (Fsp3) is 0.154. The SMILES string of the molecule is O=C(O)c1ccnc(NCCNc2ccc([N+](=O)[O-])cc2)n1. The predicted octanol–water partition coefficient (Wildman–Crippen LogP) is 1.61. The summed E-state index contributed by atoms with van der Waals surface area (Å²) in [6, 6.07) is 7.35. The van der Waals surface area contributed by atoms with Gasteiger partial charge in [-0.15, -0.1) is 0 Å². The Labute approximate surface area is 125 Å². The van der Waals surface area contributed by atoms with Gasteiger partial charge in [0.05, 0.1) is 4.92 Å². The van der Waals surface area contributed by atoms with E-state index in [2.05, 4.69) is 20.6 Å². The highest BCUT2D eigenvalue weighted by molar-refractivity contribution is 5.85. The van der Waals surface area contributed by atoms with Crippen molar-refractivity contribution in [1.29, 1.82) is 0 Å². The molecule has 1 aromatic heterocycles. The van der Waals surface area contributed by atoms with Gasteiger partial charge in [0.1, 0.15) is 0 Å². The highest BCUT2D eigenvalue weighted by Gasteiger charge is 2.06. The molecule has 2 rings (SSSR count). The van der Waals surface area contributed by atoms with Gasteiger partial charge in [0.15, 0.2) is 5.69 Å². The van der Waals surface area contributed by atoms with Gasteiger partial charge < -0.3 is 15.7 Å². The number of rotatable bonds is 7. The number of hydrogen-bond donors (Lipinski definition) is 3. The molecule has 1 heterocycles. The highest BCUT2D eigenvalue weighted by atomic mass is 16.6. The maximum Gasteiger partial charge on any atom is 0.354 e. The number of nitro groups is 1. The third-order valence-corrected chi connectivity index (χ3v) is 2.69. The first kappa shape index (κ1) is 15.2. The number of aromatic carboxylic acids is 1. The van der Waals surface area contributed by atoms with Gasteiger partial charge in [0.25, 0.3) is 5.69 Å². The fourth-order valence-corrected chi connectivity index (χ4v) is 1.65. The first-order valence-corrected chi connectivity index (χ1v) is 6.35. The minimum Gasteiger partial charge on any atom is -0.477 e. The molecule has 1 aromatic carbocycles. The molecule has 0 bridgehead atoms. The summed E-state index contributed by atoms with van der Waals surface area (Å²) in [7, 11) is 0. The van der Waals surface area contributed by atoms with E-state index >= 15 is 0 Å². The van der Waals surface area contributed by atoms with E-state index in [-0.39, 0.29) is 17.3 Å². The smallest absolute Gasteiger partial charge is 0.354 e. The Hall–Kier alpha value is -3.23. The Morgan fingerprint density at radius 1 is 1.18 bits per heavy atom. The van der Waals surface area contributed by atoms with E-state index in [4.69, 9.17) is 5.11 Å². The van der Waals surface area contributed by atoms with Crippen LogP contribution in [0.2, 0.25) is 0 Å². The van der Waals surface area contributed by atoms with E-state index in [0.29, 0.717) is 13.1 Å². The van der Waals surface area contributed by atoms with Crippen molar-refractivity contribution < 1.29 is 14.8 Å². The van der Waals surface area contributed by atoms with Crippen molar-refractivity contribution in [2.75, 3.05) is 23.7 Å². The average molecular weight is 303 g/mol. The molecule has 3 N–H and O–H groups in total. The lowest BCUT2D eigenvalue weighted by Gasteiger charge is -2.07. The number of non-ortho nitro benzene ring substituents is 1. The van der Waals surface area contributed by atoms with Crippen LogP contribution in [-0.2, 0) is 0 Å². The number of aromatic nitrogens is 2. The van der Waals surface area contributed by atoms with Crippen LogP contribution in [0.3, 0.4) is 0 Å². The Kier molecular flexibility index (Phi) is 4.81. The monoisotopic (exact) mass is 303 g/mol. The fourth-order valence-electron chi connectivity index (χ4n) is 1.65. The molecule has 0 saturated carbocycles. The van der Waals surface area contributed by atoms with E-state index in [9.17, 15) is 14.9 Å². The van der Waals surface area contributed by atoms with Gasteiger partial charge in [-0.25, -0.2) is 14.8 Å². The zero-order valence-electron chi connectivity index (χ0n) is 11.4. The zero-order valence-corrected chi connectivity index (χ0v) is 11.4. The second-order valence-corrected chi connectivity index (χ2v) is 4.23. The molecule has 0 spiro atoms. The van der Waals surface area contributed by atoms with E-state index in [1.807, 2.05) is 0 Å². The molecule has 0 amide bonds. The molecule has 0 aliphatic carbocycles. The molecule has 22 heavy (non-hydrogen) atoms. The zero-order chi connectivity index (χ0) is 15.9. The normalized spacial score (nSPS) is 10.0. The van der Waals surface area contributed by atoms with Crippen molar-refractivity contribution in [3.8, 4) is 0 Å². The lowest BCUT2D eigenvalue weighted by Crippen LogP contribution is -2.16. The maximum atomic E-state index is 10.8. The summed E-state index contributed by atoms with van der Waals surface area (Å²) in [5.41, 5.74) is 0.691. The second kappa shape index (κ2) is 6.97. The summed E-state index contributed by atoms with van der Waals surface area (Å²) in [6.07, 6.45) is 1.36. The lowest BCUT2D eigenvalue weighted by molar-refractivity contribution is -0.384. The van der Waals surface area contributed by atoms with Gasteiger partial charge in [-0.05, 0) is 18.2 Å². The van der Waals surface area contributed by atoms with Crippen molar-refractivity contribution >= 4 is 23.3 Å². The highest BCUT2D eigenvalue weighted by Crippen LogP contribution is 2.14. The molecule has 0 atom stereocenters. The lowest BCUT2D eigenvalue weighted by atomic mass is 10.3. The number of anilines is 2. The third-order valence-electron chi connectivity index (χ3n) is 2.69. The molecule has 114 valence electrons. The van der Waals surface area contributed by atoms with Gasteiger partial charge in [0, 0.05) is 37.1 Å². The largest absolute Gasteiger partial charge is 0.477 e. The predicted molar refractivity (Wildman–Crippen MR) is 79.1 cm³/mol. The van der Waals surface area contributed by atoms with Crippen LogP contribution in [0.25, 0.3) is 0 Å². The van der Waals surface area contributed by atoms with Crippen LogP contribution in [0, 0.1) is 10.1 Å². The number of hydrogen-bond acceptors (Lipinski definition) is 7.